The number of benzene rings is 1. The number of aliphatic hydroxyl groups is 1. The number of aromatic nitrogens is 4. The average Bonchev–Trinajstić information content (AvgIpc) is 3.19. The Kier molecular flexibility index (Phi) is 7.17. The first-order valence-electron chi connectivity index (χ1n) is 11.6. The third kappa shape index (κ3) is 5.92. The maximum atomic E-state index is 13.9. The molecule has 0 unspecified atom stereocenters. The molecule has 1 aliphatic rings. The van der Waals surface area contributed by atoms with Gasteiger partial charge >= 0.3 is 6.18 Å². The van der Waals surface area contributed by atoms with E-state index in [1.54, 1.807) is 27.0 Å². The summed E-state index contributed by atoms with van der Waals surface area (Å²) in [5.74, 6) is -0.254. The molecule has 0 aliphatic carbocycles. The maximum absolute atomic E-state index is 13.9. The number of rotatable bonds is 7. The van der Waals surface area contributed by atoms with Crippen LogP contribution in [0.15, 0.2) is 24.3 Å². The molecule has 9 nitrogen and oxygen atoms in total. The Bertz CT molecular complexity index is 1270. The number of hydrogen-bond donors (Lipinski definition) is 1. The lowest BCUT2D eigenvalue weighted by molar-refractivity contribution is -0.139. The van der Waals surface area contributed by atoms with Crippen molar-refractivity contribution < 1.29 is 23.0 Å². The molecule has 1 aromatic carbocycles. The first-order chi connectivity index (χ1) is 16.9. The van der Waals surface area contributed by atoms with E-state index in [9.17, 15) is 23.5 Å². The predicted octanol–water partition coefficient (Wildman–Crippen LogP) is 2.69. The van der Waals surface area contributed by atoms with E-state index in [1.165, 1.54) is 16.8 Å². The number of nitriles is 1. The Labute approximate surface area is 206 Å². The second kappa shape index (κ2) is 10.0. The van der Waals surface area contributed by atoms with E-state index in [0.29, 0.717) is 24.1 Å². The van der Waals surface area contributed by atoms with Gasteiger partial charge in [-0.15, -0.1) is 5.10 Å². The Morgan fingerprint density at radius 2 is 1.81 bits per heavy atom. The summed E-state index contributed by atoms with van der Waals surface area (Å²) in [7, 11) is 1.63. The molecule has 192 valence electrons. The van der Waals surface area contributed by atoms with Crippen molar-refractivity contribution in [3.8, 4) is 23.1 Å². The Balaban J connectivity index is 1.47. The lowest BCUT2D eigenvalue weighted by Crippen LogP contribution is -2.51. The van der Waals surface area contributed by atoms with Gasteiger partial charge in [0.25, 0.3) is 0 Å². The van der Waals surface area contributed by atoms with Gasteiger partial charge in [0.05, 0.1) is 22.4 Å². The fraction of sp³-hybridized carbons (Fsp3) is 0.500. The summed E-state index contributed by atoms with van der Waals surface area (Å²) >= 11 is 0. The zero-order valence-electron chi connectivity index (χ0n) is 20.4. The third-order valence-electron chi connectivity index (χ3n) is 6.03. The summed E-state index contributed by atoms with van der Waals surface area (Å²) in [6, 6.07) is 7.27. The highest BCUT2D eigenvalue weighted by Crippen LogP contribution is 2.39. The van der Waals surface area contributed by atoms with E-state index < -0.39 is 17.3 Å². The van der Waals surface area contributed by atoms with E-state index in [1.807, 2.05) is 6.07 Å². The molecule has 1 N–H and O–H groups in total. The van der Waals surface area contributed by atoms with Crippen molar-refractivity contribution in [3.63, 3.8) is 0 Å². The summed E-state index contributed by atoms with van der Waals surface area (Å²) in [6.45, 7) is 7.78. The van der Waals surface area contributed by atoms with E-state index in [2.05, 4.69) is 25.1 Å². The van der Waals surface area contributed by atoms with Crippen molar-refractivity contribution in [2.75, 3.05) is 45.9 Å². The van der Waals surface area contributed by atoms with E-state index in [-0.39, 0.29) is 29.3 Å². The van der Waals surface area contributed by atoms with Crippen LogP contribution in [0.2, 0.25) is 0 Å². The van der Waals surface area contributed by atoms with E-state index in [0.717, 1.165) is 32.2 Å². The van der Waals surface area contributed by atoms with Gasteiger partial charge in [-0.3, -0.25) is 9.80 Å². The monoisotopic (exact) mass is 503 g/mol. The van der Waals surface area contributed by atoms with Crippen molar-refractivity contribution in [2.24, 2.45) is 7.05 Å². The zero-order valence-corrected chi connectivity index (χ0v) is 20.4. The van der Waals surface area contributed by atoms with Crippen molar-refractivity contribution >= 4 is 11.0 Å². The first kappa shape index (κ1) is 25.8. The summed E-state index contributed by atoms with van der Waals surface area (Å²) in [5.41, 5.74) is -0.473. The normalized spacial score (nSPS) is 15.8. The fourth-order valence-corrected chi connectivity index (χ4v) is 4.30. The number of piperazine rings is 1. The molecule has 4 rings (SSSR count). The quantitative estimate of drug-likeness (QED) is 0.525. The van der Waals surface area contributed by atoms with Crippen molar-refractivity contribution in [2.45, 2.75) is 25.6 Å². The molecule has 0 amide bonds. The summed E-state index contributed by atoms with van der Waals surface area (Å²) < 4.78 is 48.7. The molecule has 0 spiro atoms. The summed E-state index contributed by atoms with van der Waals surface area (Å²) in [6.07, 6.45) is -4.63. The topological polar surface area (TPSA) is 103 Å². The molecular weight excluding hydrogens is 475 g/mol. The van der Waals surface area contributed by atoms with Crippen molar-refractivity contribution in [3.05, 3.63) is 35.5 Å². The second-order valence-corrected chi connectivity index (χ2v) is 9.54. The molecule has 0 saturated carbocycles. The van der Waals surface area contributed by atoms with Gasteiger partial charge in [-0.25, -0.2) is 9.67 Å². The van der Waals surface area contributed by atoms with E-state index in [4.69, 9.17) is 4.74 Å². The lowest BCUT2D eigenvalue weighted by Gasteiger charge is -2.37. The van der Waals surface area contributed by atoms with Crippen LogP contribution in [0, 0.1) is 11.3 Å². The minimum atomic E-state index is -4.63. The van der Waals surface area contributed by atoms with Gasteiger partial charge in [0, 0.05) is 51.9 Å². The first-order valence-corrected chi connectivity index (χ1v) is 11.6. The Morgan fingerprint density at radius 1 is 1.11 bits per heavy atom. The number of ether oxygens (including phenoxy) is 1. The Hall–Kier alpha value is -3.27. The van der Waals surface area contributed by atoms with Crippen LogP contribution in [0.4, 0.5) is 13.2 Å². The van der Waals surface area contributed by atoms with Crippen LogP contribution in [0.5, 0.6) is 5.75 Å². The number of aryl methyl sites for hydroxylation is 1. The average molecular weight is 504 g/mol. The van der Waals surface area contributed by atoms with E-state index >= 15 is 0 Å². The van der Waals surface area contributed by atoms with Crippen molar-refractivity contribution in [1.82, 2.24) is 29.8 Å². The highest BCUT2D eigenvalue weighted by molar-refractivity contribution is 5.83. The molecule has 0 radical (unpaired) electrons. The zero-order chi connectivity index (χ0) is 26.1. The number of alkyl halides is 3. The number of pyridine rings is 1. The molecule has 12 heteroatoms. The van der Waals surface area contributed by atoms with Gasteiger partial charge in [-0.2, -0.15) is 18.4 Å². The summed E-state index contributed by atoms with van der Waals surface area (Å²) in [5, 5.41) is 27.1. The minimum Gasteiger partial charge on any atom is -0.492 e. The van der Waals surface area contributed by atoms with Gasteiger partial charge in [0.15, 0.2) is 5.69 Å². The molecule has 2 aromatic heterocycles. The molecule has 1 fully saturated rings. The Morgan fingerprint density at radius 3 is 2.44 bits per heavy atom. The highest BCUT2D eigenvalue weighted by atomic mass is 19.4. The van der Waals surface area contributed by atoms with Crippen molar-refractivity contribution in [1.29, 1.82) is 5.26 Å². The molecule has 3 heterocycles. The molecule has 3 aromatic rings. The molecule has 0 atom stereocenters. The van der Waals surface area contributed by atoms with Crippen LogP contribution < -0.4 is 4.74 Å². The number of fused-ring (bicyclic) bond motifs is 1. The maximum Gasteiger partial charge on any atom is 0.419 e. The van der Waals surface area contributed by atoms with Crippen LogP contribution in [0.3, 0.4) is 0 Å². The fourth-order valence-electron chi connectivity index (χ4n) is 4.30. The van der Waals surface area contributed by atoms with Crippen LogP contribution in [-0.2, 0) is 13.2 Å². The van der Waals surface area contributed by atoms with Gasteiger partial charge in [0.2, 0.25) is 0 Å². The van der Waals surface area contributed by atoms with Crippen LogP contribution >= 0.6 is 0 Å². The lowest BCUT2D eigenvalue weighted by atomic mass is 10.1. The molecule has 0 bridgehead atoms. The van der Waals surface area contributed by atoms with Crippen LogP contribution in [-0.4, -0.2) is 86.4 Å². The second-order valence-electron chi connectivity index (χ2n) is 9.54. The largest absolute Gasteiger partial charge is 0.492 e. The van der Waals surface area contributed by atoms with Gasteiger partial charge in [0.1, 0.15) is 23.9 Å². The standard InChI is InChI=1S/C24H28F3N7O2/c1-23(2,35)15-34-8-6-33(7-9-34)10-11-36-21-5-4-16(12-17(21)24(25,26)27)18-13-20-22(19(14-28)29-18)30-31-32(20)3/h4-5,12-13,35H,6-11,15H2,1-3H3. The minimum absolute atomic E-state index is 0.00728. The predicted molar refractivity (Wildman–Crippen MR) is 126 cm³/mol. The number of hydrogen-bond acceptors (Lipinski definition) is 8. The number of β-amino-alcohol motifs (C(OH)–C–C–N with tert-alkyl or cyclic N) is 1. The summed E-state index contributed by atoms with van der Waals surface area (Å²) in [4.78, 5) is 8.50. The molecule has 1 aliphatic heterocycles. The van der Waals surface area contributed by atoms with Crippen LogP contribution in [0.1, 0.15) is 25.1 Å². The molecular formula is C24H28F3N7O2. The third-order valence-corrected chi connectivity index (χ3v) is 6.03. The highest BCUT2D eigenvalue weighted by Gasteiger charge is 2.35. The molecule has 1 saturated heterocycles. The van der Waals surface area contributed by atoms with Crippen LogP contribution in [0.25, 0.3) is 22.3 Å². The van der Waals surface area contributed by atoms with Gasteiger partial charge in [-0.1, -0.05) is 5.21 Å². The van der Waals surface area contributed by atoms with Gasteiger partial charge < -0.3 is 9.84 Å². The SMILES string of the molecule is Cn1nnc2c(C#N)nc(-c3ccc(OCCN4CCN(CC(C)(C)O)CC4)c(C(F)(F)F)c3)cc21. The number of nitrogens with zero attached hydrogens (tertiary/aromatic N) is 7. The number of halogens is 3. The smallest absolute Gasteiger partial charge is 0.419 e. The molecule has 36 heavy (non-hydrogen) atoms. The van der Waals surface area contributed by atoms with Gasteiger partial charge in [-0.05, 0) is 38.1 Å².